The molecule has 1 aliphatic carbocycles. The van der Waals surface area contributed by atoms with Crippen molar-refractivity contribution in [3.05, 3.63) is 29.8 Å². The molecule has 2 N–H and O–H groups in total. The largest absolute Gasteiger partial charge is 0.496 e. The van der Waals surface area contributed by atoms with Crippen LogP contribution in [0.25, 0.3) is 0 Å². The van der Waals surface area contributed by atoms with E-state index in [1.165, 1.54) is 5.56 Å². The molecule has 1 saturated carbocycles. The van der Waals surface area contributed by atoms with Crippen molar-refractivity contribution in [2.24, 2.45) is 0 Å². The second-order valence-corrected chi connectivity index (χ2v) is 7.43. The topological polar surface area (TPSA) is 62.8 Å². The average Bonchev–Trinajstić information content (AvgIpc) is 3.39. The number of morpholine rings is 1. The Morgan fingerprint density at radius 3 is 2.76 bits per heavy atom. The van der Waals surface area contributed by atoms with Gasteiger partial charge in [0.05, 0.1) is 20.3 Å². The van der Waals surface area contributed by atoms with Crippen molar-refractivity contribution in [1.82, 2.24) is 15.5 Å². The fourth-order valence-corrected chi connectivity index (χ4v) is 3.47. The van der Waals surface area contributed by atoms with Crippen LogP contribution >= 0.6 is 0 Å². The van der Waals surface area contributed by atoms with Gasteiger partial charge in [-0.25, -0.2) is 4.79 Å². The van der Waals surface area contributed by atoms with E-state index in [0.717, 1.165) is 38.5 Å². The molecule has 2 amide bonds. The van der Waals surface area contributed by atoms with Crippen molar-refractivity contribution in [3.8, 4) is 5.75 Å². The van der Waals surface area contributed by atoms with Gasteiger partial charge in [-0.05, 0) is 31.9 Å². The Morgan fingerprint density at radius 1 is 1.32 bits per heavy atom. The Bertz CT molecular complexity index is 599. The molecule has 138 valence electrons. The second-order valence-electron chi connectivity index (χ2n) is 7.43. The Labute approximate surface area is 149 Å². The van der Waals surface area contributed by atoms with Crippen molar-refractivity contribution >= 4 is 6.03 Å². The third-order valence-corrected chi connectivity index (χ3v) is 5.19. The Kier molecular flexibility index (Phi) is 5.49. The summed E-state index contributed by atoms with van der Waals surface area (Å²) in [5, 5.41) is 6.11. The molecular weight excluding hydrogens is 318 g/mol. The standard InChI is InChI=1S/C19H29N3O3/c1-19(2,22-8-10-25-11-9-22)13-20-18(23)21-16-12-15(16)14-6-4-5-7-17(14)24-3/h4-7,15-16H,8-13H2,1-3H3,(H2,20,21,23)/t15-,16-/m0/s1. The van der Waals surface area contributed by atoms with Gasteiger partial charge in [-0.2, -0.15) is 0 Å². The molecule has 0 spiro atoms. The van der Waals surface area contributed by atoms with E-state index in [1.807, 2.05) is 18.2 Å². The first-order valence-electron chi connectivity index (χ1n) is 9.01. The summed E-state index contributed by atoms with van der Waals surface area (Å²) in [7, 11) is 1.68. The molecule has 6 nitrogen and oxygen atoms in total. The summed E-state index contributed by atoms with van der Waals surface area (Å²) in [6.45, 7) is 8.28. The van der Waals surface area contributed by atoms with Gasteiger partial charge >= 0.3 is 6.03 Å². The van der Waals surface area contributed by atoms with E-state index in [1.54, 1.807) is 7.11 Å². The zero-order valence-electron chi connectivity index (χ0n) is 15.4. The van der Waals surface area contributed by atoms with Gasteiger partial charge < -0.3 is 20.1 Å². The molecule has 3 rings (SSSR count). The third-order valence-electron chi connectivity index (χ3n) is 5.19. The van der Waals surface area contributed by atoms with E-state index in [4.69, 9.17) is 9.47 Å². The summed E-state index contributed by atoms with van der Waals surface area (Å²) in [6.07, 6.45) is 0.959. The van der Waals surface area contributed by atoms with Gasteiger partial charge in [0.25, 0.3) is 0 Å². The van der Waals surface area contributed by atoms with Crippen molar-refractivity contribution in [2.45, 2.75) is 37.8 Å². The minimum atomic E-state index is -0.0938. The smallest absolute Gasteiger partial charge is 0.315 e. The van der Waals surface area contributed by atoms with E-state index < -0.39 is 0 Å². The predicted molar refractivity (Wildman–Crippen MR) is 97.1 cm³/mol. The lowest BCUT2D eigenvalue weighted by atomic mass is 10.0. The van der Waals surface area contributed by atoms with E-state index >= 15 is 0 Å². The summed E-state index contributed by atoms with van der Waals surface area (Å²) in [4.78, 5) is 14.6. The fraction of sp³-hybridized carbons (Fsp3) is 0.632. The van der Waals surface area contributed by atoms with Gasteiger partial charge in [-0.1, -0.05) is 18.2 Å². The highest BCUT2D eigenvalue weighted by molar-refractivity contribution is 5.75. The monoisotopic (exact) mass is 347 g/mol. The number of hydrogen-bond acceptors (Lipinski definition) is 4. The van der Waals surface area contributed by atoms with Crippen molar-refractivity contribution in [3.63, 3.8) is 0 Å². The van der Waals surface area contributed by atoms with E-state index in [9.17, 15) is 4.79 Å². The maximum absolute atomic E-state index is 12.3. The summed E-state index contributed by atoms with van der Waals surface area (Å²) in [5.74, 6) is 1.24. The Hall–Kier alpha value is -1.79. The summed E-state index contributed by atoms with van der Waals surface area (Å²) < 4.78 is 10.8. The number of carbonyl (C=O) groups is 1. The van der Waals surface area contributed by atoms with Crippen molar-refractivity contribution in [2.75, 3.05) is 40.0 Å². The number of urea groups is 1. The first-order valence-corrected chi connectivity index (χ1v) is 9.01. The molecule has 2 aliphatic rings. The van der Waals surface area contributed by atoms with Crippen LogP contribution in [0.3, 0.4) is 0 Å². The first kappa shape index (κ1) is 18.0. The van der Waals surface area contributed by atoms with Gasteiger partial charge in [-0.15, -0.1) is 0 Å². The molecule has 1 aromatic rings. The van der Waals surface area contributed by atoms with Crippen LogP contribution in [0.1, 0.15) is 31.7 Å². The first-order chi connectivity index (χ1) is 12.0. The number of ether oxygens (including phenoxy) is 2. The molecule has 1 saturated heterocycles. The highest BCUT2D eigenvalue weighted by atomic mass is 16.5. The minimum Gasteiger partial charge on any atom is -0.496 e. The van der Waals surface area contributed by atoms with Crippen molar-refractivity contribution < 1.29 is 14.3 Å². The van der Waals surface area contributed by atoms with Crippen LogP contribution in [0.15, 0.2) is 24.3 Å². The average molecular weight is 347 g/mol. The fourth-order valence-electron chi connectivity index (χ4n) is 3.47. The molecular formula is C19H29N3O3. The number of hydrogen-bond donors (Lipinski definition) is 2. The van der Waals surface area contributed by atoms with E-state index in [-0.39, 0.29) is 17.6 Å². The van der Waals surface area contributed by atoms with Gasteiger partial charge in [0.1, 0.15) is 5.75 Å². The van der Waals surface area contributed by atoms with Crippen LogP contribution in [0.5, 0.6) is 5.75 Å². The van der Waals surface area contributed by atoms with E-state index in [2.05, 4.69) is 35.4 Å². The van der Waals surface area contributed by atoms with Crippen LogP contribution in [-0.4, -0.2) is 62.5 Å². The number of benzene rings is 1. The second kappa shape index (κ2) is 7.62. The number of rotatable bonds is 6. The van der Waals surface area contributed by atoms with Crippen LogP contribution in [0.4, 0.5) is 4.79 Å². The highest BCUT2D eigenvalue weighted by Gasteiger charge is 2.41. The molecule has 1 aliphatic heterocycles. The number of methoxy groups -OCH3 is 1. The molecule has 0 radical (unpaired) electrons. The lowest BCUT2D eigenvalue weighted by Crippen LogP contribution is -2.56. The summed E-state index contributed by atoms with van der Waals surface area (Å²) in [5.41, 5.74) is 1.09. The molecule has 0 unspecified atom stereocenters. The van der Waals surface area contributed by atoms with Gasteiger partial charge in [0.15, 0.2) is 0 Å². The zero-order valence-corrected chi connectivity index (χ0v) is 15.4. The summed E-state index contributed by atoms with van der Waals surface area (Å²) in [6, 6.07) is 8.11. The lowest BCUT2D eigenvalue weighted by molar-refractivity contribution is -0.00874. The number of nitrogens with one attached hydrogen (secondary N) is 2. The maximum Gasteiger partial charge on any atom is 0.315 e. The number of amides is 2. The molecule has 1 heterocycles. The molecule has 2 atom stereocenters. The minimum absolute atomic E-state index is 0.0767. The normalized spacial score (nSPS) is 23.8. The third kappa shape index (κ3) is 4.44. The van der Waals surface area contributed by atoms with Gasteiger partial charge in [0.2, 0.25) is 0 Å². The van der Waals surface area contributed by atoms with Gasteiger partial charge in [0, 0.05) is 37.1 Å². The molecule has 6 heteroatoms. The zero-order chi connectivity index (χ0) is 17.9. The van der Waals surface area contributed by atoms with Crippen LogP contribution in [0, 0.1) is 0 Å². The van der Waals surface area contributed by atoms with Crippen LogP contribution < -0.4 is 15.4 Å². The van der Waals surface area contributed by atoms with E-state index in [0.29, 0.717) is 12.5 Å². The molecule has 1 aromatic carbocycles. The molecule has 2 fully saturated rings. The number of nitrogens with zero attached hydrogens (tertiary/aromatic N) is 1. The molecule has 25 heavy (non-hydrogen) atoms. The number of carbonyl (C=O) groups excluding carboxylic acids is 1. The molecule has 0 bridgehead atoms. The lowest BCUT2D eigenvalue weighted by Gasteiger charge is -2.40. The Balaban J connectivity index is 1.46. The van der Waals surface area contributed by atoms with Crippen LogP contribution in [0.2, 0.25) is 0 Å². The summed E-state index contributed by atoms with van der Waals surface area (Å²) >= 11 is 0. The van der Waals surface area contributed by atoms with Gasteiger partial charge in [-0.3, -0.25) is 4.90 Å². The SMILES string of the molecule is COc1ccccc1[C@@H]1C[C@@H]1NC(=O)NCC(C)(C)N1CCOCC1. The quantitative estimate of drug-likeness (QED) is 0.826. The maximum atomic E-state index is 12.3. The van der Waals surface area contributed by atoms with Crippen molar-refractivity contribution in [1.29, 1.82) is 0 Å². The highest BCUT2D eigenvalue weighted by Crippen LogP contribution is 2.44. The predicted octanol–water partition coefficient (Wildman–Crippen LogP) is 1.96. The number of para-hydroxylation sites is 1. The van der Waals surface area contributed by atoms with Crippen LogP contribution in [-0.2, 0) is 4.74 Å². The Morgan fingerprint density at radius 2 is 2.04 bits per heavy atom. The molecule has 0 aromatic heterocycles.